The van der Waals surface area contributed by atoms with Crippen LogP contribution in [0.2, 0.25) is 0 Å². The molecule has 0 amide bonds. The molecule has 4 rings (SSSR count). The number of sulfone groups is 1. The zero-order valence-corrected chi connectivity index (χ0v) is 19.2. The maximum Gasteiger partial charge on any atom is 0.265 e. The van der Waals surface area contributed by atoms with Gasteiger partial charge in [-0.1, -0.05) is 30.3 Å². The van der Waals surface area contributed by atoms with Crippen molar-refractivity contribution in [2.24, 2.45) is 0 Å². The molecule has 2 aromatic heterocycles. The molecular weight excluding hydrogens is 454 g/mol. The maximum atomic E-state index is 13.9. The molecule has 0 radical (unpaired) electrons. The van der Waals surface area contributed by atoms with Crippen molar-refractivity contribution in [2.75, 3.05) is 25.0 Å². The van der Waals surface area contributed by atoms with Gasteiger partial charge in [-0.15, -0.1) is 11.3 Å². The summed E-state index contributed by atoms with van der Waals surface area (Å²) < 4.78 is 53.2. The lowest BCUT2D eigenvalue weighted by atomic mass is 10.1. The van der Waals surface area contributed by atoms with Crippen molar-refractivity contribution in [1.29, 1.82) is 0 Å². The first kappa shape index (κ1) is 22.8. The van der Waals surface area contributed by atoms with Crippen molar-refractivity contribution in [3.05, 3.63) is 70.3 Å². The van der Waals surface area contributed by atoms with Crippen LogP contribution in [-0.4, -0.2) is 49.5 Å². The first-order valence-corrected chi connectivity index (χ1v) is 12.8. The first-order chi connectivity index (χ1) is 15.3. The minimum atomic E-state index is -3.87. The van der Waals surface area contributed by atoms with Gasteiger partial charge in [-0.2, -0.15) is 0 Å². The number of likely N-dealkylation sites (tertiary alicyclic amines) is 1. The molecule has 0 saturated carbocycles. The number of benzene rings is 1. The van der Waals surface area contributed by atoms with E-state index in [4.69, 9.17) is 0 Å². The lowest BCUT2D eigenvalue weighted by Crippen LogP contribution is -2.35. The number of hydrogen-bond donors (Lipinski definition) is 0. The molecule has 1 aliphatic rings. The average Bonchev–Trinajstić information content (AvgIpc) is 3.45. The maximum absolute atomic E-state index is 13.9. The molecule has 0 bridgehead atoms. The number of thiazole rings is 1. The Hall–Kier alpha value is -2.43. The summed E-state index contributed by atoms with van der Waals surface area (Å²) in [5.41, 5.74) is 3.06. The summed E-state index contributed by atoms with van der Waals surface area (Å²) in [6.07, 6.45) is -0.726. The number of halogens is 2. The molecule has 1 aliphatic heterocycles. The molecule has 1 aromatic carbocycles. The van der Waals surface area contributed by atoms with Crippen LogP contribution in [0.15, 0.2) is 58.5 Å². The van der Waals surface area contributed by atoms with Crippen LogP contribution in [0.1, 0.15) is 29.7 Å². The predicted molar refractivity (Wildman–Crippen MR) is 121 cm³/mol. The van der Waals surface area contributed by atoms with E-state index in [1.165, 1.54) is 28.6 Å². The third-order valence-corrected chi connectivity index (χ3v) is 7.86. The van der Waals surface area contributed by atoms with Crippen molar-refractivity contribution in [3.63, 3.8) is 0 Å². The van der Waals surface area contributed by atoms with Crippen LogP contribution in [0.4, 0.5) is 14.5 Å². The fourth-order valence-corrected chi connectivity index (χ4v) is 5.85. The topological polar surface area (TPSA) is 66.4 Å². The molecule has 0 aliphatic carbocycles. The van der Waals surface area contributed by atoms with Crippen LogP contribution in [0.25, 0.3) is 0 Å². The zero-order valence-electron chi connectivity index (χ0n) is 17.6. The summed E-state index contributed by atoms with van der Waals surface area (Å²) in [5, 5.41) is 1.27. The molecule has 1 atom stereocenters. The van der Waals surface area contributed by atoms with E-state index in [1.807, 2.05) is 18.2 Å². The van der Waals surface area contributed by atoms with E-state index in [1.54, 1.807) is 17.3 Å². The van der Waals surface area contributed by atoms with Gasteiger partial charge < -0.3 is 4.90 Å². The van der Waals surface area contributed by atoms with Crippen molar-refractivity contribution in [2.45, 2.75) is 36.2 Å². The molecule has 10 heteroatoms. The molecule has 0 unspecified atom stereocenters. The van der Waals surface area contributed by atoms with Gasteiger partial charge in [0.15, 0.2) is 5.03 Å². The lowest BCUT2D eigenvalue weighted by Gasteiger charge is -2.29. The Balaban J connectivity index is 1.51. The Morgan fingerprint density at radius 1 is 1.25 bits per heavy atom. The molecule has 170 valence electrons. The fraction of sp³-hybridized carbons (Fsp3) is 0.364. The van der Waals surface area contributed by atoms with Crippen molar-refractivity contribution < 1.29 is 17.2 Å². The van der Waals surface area contributed by atoms with E-state index >= 15 is 0 Å². The number of rotatable bonds is 8. The highest BCUT2D eigenvalue weighted by atomic mass is 32.2. The van der Waals surface area contributed by atoms with Crippen LogP contribution >= 0.6 is 11.3 Å². The number of likely N-dealkylation sites (N-methyl/N-ethyl adjacent to an activating group) is 1. The van der Waals surface area contributed by atoms with Gasteiger partial charge in [0, 0.05) is 43.7 Å². The summed E-state index contributed by atoms with van der Waals surface area (Å²) in [7, 11) is -2.10. The highest BCUT2D eigenvalue weighted by Crippen LogP contribution is 2.33. The Morgan fingerprint density at radius 3 is 2.72 bits per heavy atom. The second-order valence-electron chi connectivity index (χ2n) is 7.90. The van der Waals surface area contributed by atoms with Gasteiger partial charge >= 0.3 is 0 Å². The molecule has 3 heterocycles. The fourth-order valence-electron chi connectivity index (χ4n) is 3.97. The van der Waals surface area contributed by atoms with Crippen LogP contribution in [-0.2, 0) is 22.1 Å². The SMILES string of the molecule is CN(c1cnc(S(=O)(=O)Cc2cscn2)cc1C(F)F)[C@H]1CCN(Cc2ccccc2)C1. The Morgan fingerprint density at radius 2 is 2.03 bits per heavy atom. The second kappa shape index (κ2) is 9.60. The van der Waals surface area contributed by atoms with Crippen molar-refractivity contribution in [3.8, 4) is 0 Å². The van der Waals surface area contributed by atoms with Gasteiger partial charge in [0.05, 0.1) is 28.8 Å². The molecule has 32 heavy (non-hydrogen) atoms. The van der Waals surface area contributed by atoms with Crippen LogP contribution in [0, 0.1) is 0 Å². The number of aromatic nitrogens is 2. The summed E-state index contributed by atoms with van der Waals surface area (Å²) >= 11 is 1.28. The Bertz CT molecular complexity index is 1140. The highest BCUT2D eigenvalue weighted by molar-refractivity contribution is 7.90. The summed E-state index contributed by atoms with van der Waals surface area (Å²) in [6.45, 7) is 2.40. The average molecular weight is 479 g/mol. The number of anilines is 1. The quantitative estimate of drug-likeness (QED) is 0.484. The largest absolute Gasteiger partial charge is 0.369 e. The minimum Gasteiger partial charge on any atom is -0.369 e. The van der Waals surface area contributed by atoms with Crippen molar-refractivity contribution in [1.82, 2.24) is 14.9 Å². The molecule has 0 N–H and O–H groups in total. The van der Waals surface area contributed by atoms with E-state index in [9.17, 15) is 17.2 Å². The summed E-state index contributed by atoms with van der Waals surface area (Å²) in [5.74, 6) is -0.363. The number of nitrogens with zero attached hydrogens (tertiary/aromatic N) is 4. The van der Waals surface area contributed by atoms with Crippen LogP contribution < -0.4 is 4.90 Å². The normalized spacial score (nSPS) is 17.2. The minimum absolute atomic E-state index is 0.0375. The third kappa shape index (κ3) is 5.13. The van der Waals surface area contributed by atoms with E-state index in [-0.39, 0.29) is 28.1 Å². The molecular formula is C22H24F2N4O2S2. The van der Waals surface area contributed by atoms with E-state index in [0.29, 0.717) is 5.69 Å². The van der Waals surface area contributed by atoms with E-state index in [0.717, 1.165) is 32.1 Å². The molecule has 1 fully saturated rings. The predicted octanol–water partition coefficient (Wildman–Crippen LogP) is 4.16. The molecule has 1 saturated heterocycles. The first-order valence-electron chi connectivity index (χ1n) is 10.2. The monoisotopic (exact) mass is 478 g/mol. The van der Waals surface area contributed by atoms with Gasteiger partial charge in [0.25, 0.3) is 6.43 Å². The van der Waals surface area contributed by atoms with E-state index < -0.39 is 16.3 Å². The summed E-state index contributed by atoms with van der Waals surface area (Å²) in [6, 6.07) is 11.2. The van der Waals surface area contributed by atoms with E-state index in [2.05, 4.69) is 27.0 Å². The standard InChI is InChI=1S/C22H24F2N4O2S2/c1-27(18-7-8-28(12-18)11-16-5-3-2-4-6-16)20-10-25-21(9-19(20)22(23)24)32(29,30)14-17-13-31-15-26-17/h2-6,9-10,13,15,18,22H,7-8,11-12,14H2,1H3/t18-/m0/s1. The molecule has 0 spiro atoms. The number of hydrogen-bond acceptors (Lipinski definition) is 7. The Labute approximate surface area is 190 Å². The molecule has 6 nitrogen and oxygen atoms in total. The summed E-state index contributed by atoms with van der Waals surface area (Å²) in [4.78, 5) is 12.1. The number of alkyl halides is 2. The highest BCUT2D eigenvalue weighted by Gasteiger charge is 2.30. The van der Waals surface area contributed by atoms with Crippen LogP contribution in [0.5, 0.6) is 0 Å². The third-order valence-electron chi connectivity index (χ3n) is 5.69. The van der Waals surface area contributed by atoms with Gasteiger partial charge in [0.1, 0.15) is 0 Å². The zero-order chi connectivity index (χ0) is 22.7. The van der Waals surface area contributed by atoms with Gasteiger partial charge in [-0.3, -0.25) is 4.90 Å². The lowest BCUT2D eigenvalue weighted by molar-refractivity contribution is 0.151. The van der Waals surface area contributed by atoms with Crippen LogP contribution in [0.3, 0.4) is 0 Å². The van der Waals surface area contributed by atoms with Crippen molar-refractivity contribution >= 4 is 26.9 Å². The van der Waals surface area contributed by atoms with Gasteiger partial charge in [0.2, 0.25) is 9.84 Å². The Kier molecular flexibility index (Phi) is 6.82. The second-order valence-corrected chi connectivity index (χ2v) is 10.6. The number of pyridine rings is 1. The smallest absolute Gasteiger partial charge is 0.265 e. The molecule has 3 aromatic rings. The van der Waals surface area contributed by atoms with Gasteiger partial charge in [-0.05, 0) is 18.1 Å². The van der Waals surface area contributed by atoms with Gasteiger partial charge in [-0.25, -0.2) is 27.2 Å².